The molecule has 1 unspecified atom stereocenters. The van der Waals surface area contributed by atoms with Crippen molar-refractivity contribution in [2.45, 2.75) is 118 Å². The van der Waals surface area contributed by atoms with Crippen molar-refractivity contribution < 1.29 is 0 Å². The van der Waals surface area contributed by atoms with Crippen LogP contribution in [0, 0.1) is 17.8 Å². The first-order valence-electron chi connectivity index (χ1n) is 10.2. The lowest BCUT2D eigenvalue weighted by atomic mass is 9.87. The maximum Gasteiger partial charge on any atom is -0.0414 e. The van der Waals surface area contributed by atoms with Gasteiger partial charge in [0.25, 0.3) is 0 Å². The molecule has 0 saturated carbocycles. The van der Waals surface area contributed by atoms with E-state index in [1.54, 1.807) is 0 Å². The van der Waals surface area contributed by atoms with Crippen LogP contribution in [0.3, 0.4) is 0 Å². The van der Waals surface area contributed by atoms with Crippen LogP contribution in [0.2, 0.25) is 0 Å². The smallest absolute Gasteiger partial charge is 0.0414 e. The van der Waals surface area contributed by atoms with Crippen molar-refractivity contribution in [1.29, 1.82) is 0 Å². The molecule has 0 saturated heterocycles. The Morgan fingerprint density at radius 1 is 0.476 bits per heavy atom. The molecule has 0 aromatic carbocycles. The fourth-order valence-corrected chi connectivity index (χ4v) is 3.92. The second-order valence-corrected chi connectivity index (χ2v) is 7.50. The largest absolute Gasteiger partial charge is 0.0654 e. The summed E-state index contributed by atoms with van der Waals surface area (Å²) in [5.41, 5.74) is 0. The highest BCUT2D eigenvalue weighted by molar-refractivity contribution is 4.64. The number of rotatable bonds is 15. The summed E-state index contributed by atoms with van der Waals surface area (Å²) in [5, 5.41) is 0. The monoisotopic (exact) mass is 296 g/mol. The van der Waals surface area contributed by atoms with Crippen molar-refractivity contribution in [3.8, 4) is 0 Å². The predicted octanol–water partition coefficient (Wildman–Crippen LogP) is 8.01. The summed E-state index contributed by atoms with van der Waals surface area (Å²) in [6, 6.07) is 0. The lowest BCUT2D eigenvalue weighted by molar-refractivity contribution is 0.334. The summed E-state index contributed by atoms with van der Waals surface area (Å²) < 4.78 is 0. The Morgan fingerprint density at radius 3 is 1.33 bits per heavy atom. The first-order valence-corrected chi connectivity index (χ1v) is 10.2. The second kappa shape index (κ2) is 14.9. The van der Waals surface area contributed by atoms with Crippen LogP contribution in [0.4, 0.5) is 0 Å². The van der Waals surface area contributed by atoms with Gasteiger partial charge in [-0.1, -0.05) is 118 Å². The van der Waals surface area contributed by atoms with Gasteiger partial charge in [-0.05, 0) is 17.8 Å². The highest BCUT2D eigenvalue weighted by atomic mass is 14.2. The minimum Gasteiger partial charge on any atom is -0.0654 e. The molecule has 0 rings (SSSR count). The van der Waals surface area contributed by atoms with Gasteiger partial charge in [-0.3, -0.25) is 0 Å². The fraction of sp³-hybridized carbons (Fsp3) is 1.00. The highest BCUT2D eigenvalue weighted by Gasteiger charge is 2.11. The minimum absolute atomic E-state index is 0.949. The predicted molar refractivity (Wildman–Crippen MR) is 98.9 cm³/mol. The Labute approximate surface area is 136 Å². The Morgan fingerprint density at radius 2 is 0.905 bits per heavy atom. The first-order chi connectivity index (χ1) is 10.2. The fourth-order valence-electron chi connectivity index (χ4n) is 3.92. The van der Waals surface area contributed by atoms with Gasteiger partial charge >= 0.3 is 0 Å². The molecule has 0 aliphatic heterocycles. The van der Waals surface area contributed by atoms with Gasteiger partial charge in [0.2, 0.25) is 0 Å². The Balaban J connectivity index is 3.79. The maximum atomic E-state index is 2.49. The van der Waals surface area contributed by atoms with E-state index in [1.807, 2.05) is 0 Å². The molecule has 0 aliphatic carbocycles. The average molecular weight is 297 g/mol. The third-order valence-electron chi connectivity index (χ3n) is 5.16. The zero-order valence-electron chi connectivity index (χ0n) is 15.9. The van der Waals surface area contributed by atoms with Crippen LogP contribution >= 0.6 is 0 Å². The lowest BCUT2D eigenvalue weighted by Gasteiger charge is -2.19. The van der Waals surface area contributed by atoms with Crippen LogP contribution in [-0.2, 0) is 0 Å². The molecule has 0 aromatic heterocycles. The first kappa shape index (κ1) is 21.0. The standard InChI is InChI=1S/C21H44/c1-6-11-20(12-7-2)16-10-15-19(5)17-18-21(13-8-3)14-9-4/h19-21H,6-18H2,1-5H3. The van der Waals surface area contributed by atoms with E-state index in [9.17, 15) is 0 Å². The van der Waals surface area contributed by atoms with Crippen LogP contribution in [0.15, 0.2) is 0 Å². The summed E-state index contributed by atoms with van der Waals surface area (Å²) in [6.45, 7) is 11.9. The van der Waals surface area contributed by atoms with Gasteiger partial charge in [0.15, 0.2) is 0 Å². The molecule has 0 bridgehead atoms. The molecule has 0 amide bonds. The summed E-state index contributed by atoms with van der Waals surface area (Å²) in [7, 11) is 0. The van der Waals surface area contributed by atoms with Crippen LogP contribution in [0.5, 0.6) is 0 Å². The van der Waals surface area contributed by atoms with E-state index in [0.29, 0.717) is 0 Å². The molecule has 0 radical (unpaired) electrons. The molecular weight excluding hydrogens is 252 g/mol. The van der Waals surface area contributed by atoms with Gasteiger partial charge in [-0.15, -0.1) is 0 Å². The van der Waals surface area contributed by atoms with Crippen molar-refractivity contribution in [1.82, 2.24) is 0 Å². The van der Waals surface area contributed by atoms with E-state index in [-0.39, 0.29) is 0 Å². The molecule has 0 aromatic rings. The number of hydrogen-bond donors (Lipinski definition) is 0. The topological polar surface area (TPSA) is 0 Å². The molecule has 0 fully saturated rings. The molecule has 0 heteroatoms. The minimum atomic E-state index is 0.949. The highest BCUT2D eigenvalue weighted by Crippen LogP contribution is 2.26. The molecule has 1 atom stereocenters. The van der Waals surface area contributed by atoms with Gasteiger partial charge in [-0.2, -0.15) is 0 Å². The van der Waals surface area contributed by atoms with Crippen LogP contribution in [0.25, 0.3) is 0 Å². The molecule has 0 aliphatic rings. The summed E-state index contributed by atoms with van der Waals surface area (Å²) in [4.78, 5) is 0. The Kier molecular flexibility index (Phi) is 14.9. The molecular formula is C21H44. The van der Waals surface area contributed by atoms with E-state index in [2.05, 4.69) is 34.6 Å². The summed E-state index contributed by atoms with van der Waals surface area (Å²) in [5.74, 6) is 2.97. The van der Waals surface area contributed by atoms with Gasteiger partial charge in [0.1, 0.15) is 0 Å². The van der Waals surface area contributed by atoms with Crippen LogP contribution in [-0.4, -0.2) is 0 Å². The van der Waals surface area contributed by atoms with Crippen molar-refractivity contribution >= 4 is 0 Å². The summed E-state index contributed by atoms with van der Waals surface area (Å²) in [6.07, 6.45) is 18.7. The molecule has 21 heavy (non-hydrogen) atoms. The zero-order valence-corrected chi connectivity index (χ0v) is 15.9. The summed E-state index contributed by atoms with van der Waals surface area (Å²) >= 11 is 0. The van der Waals surface area contributed by atoms with E-state index in [0.717, 1.165) is 17.8 Å². The molecule has 128 valence electrons. The number of hydrogen-bond acceptors (Lipinski definition) is 0. The third-order valence-corrected chi connectivity index (χ3v) is 5.16. The molecule has 0 N–H and O–H groups in total. The SMILES string of the molecule is CCCC(CCC)CCCC(C)CCC(CCC)CCC. The van der Waals surface area contributed by atoms with E-state index < -0.39 is 0 Å². The van der Waals surface area contributed by atoms with Gasteiger partial charge < -0.3 is 0 Å². The van der Waals surface area contributed by atoms with Gasteiger partial charge in [0.05, 0.1) is 0 Å². The molecule has 0 nitrogen and oxygen atoms in total. The van der Waals surface area contributed by atoms with E-state index in [1.165, 1.54) is 83.5 Å². The van der Waals surface area contributed by atoms with Crippen molar-refractivity contribution in [2.24, 2.45) is 17.8 Å². The normalized spacial score (nSPS) is 13.3. The molecule has 0 spiro atoms. The molecule has 0 heterocycles. The van der Waals surface area contributed by atoms with E-state index >= 15 is 0 Å². The second-order valence-electron chi connectivity index (χ2n) is 7.50. The zero-order chi connectivity index (χ0) is 15.9. The van der Waals surface area contributed by atoms with Gasteiger partial charge in [-0.25, -0.2) is 0 Å². The van der Waals surface area contributed by atoms with Crippen LogP contribution < -0.4 is 0 Å². The van der Waals surface area contributed by atoms with Crippen LogP contribution in [0.1, 0.15) is 118 Å². The van der Waals surface area contributed by atoms with Crippen molar-refractivity contribution in [3.63, 3.8) is 0 Å². The van der Waals surface area contributed by atoms with Gasteiger partial charge in [0, 0.05) is 0 Å². The lowest BCUT2D eigenvalue weighted by Crippen LogP contribution is -2.05. The van der Waals surface area contributed by atoms with Crippen molar-refractivity contribution in [3.05, 3.63) is 0 Å². The van der Waals surface area contributed by atoms with E-state index in [4.69, 9.17) is 0 Å². The Bertz CT molecular complexity index is 184. The third kappa shape index (κ3) is 12.2. The van der Waals surface area contributed by atoms with Crippen molar-refractivity contribution in [2.75, 3.05) is 0 Å². The average Bonchev–Trinajstić information content (AvgIpc) is 2.46. The quantitative estimate of drug-likeness (QED) is 0.287. The maximum absolute atomic E-state index is 2.49. The Hall–Kier alpha value is 0.